The molecule has 1 aliphatic carbocycles. The number of anilines is 3. The van der Waals surface area contributed by atoms with E-state index in [-0.39, 0.29) is 5.41 Å². The zero-order valence-corrected chi connectivity index (χ0v) is 29.6. The summed E-state index contributed by atoms with van der Waals surface area (Å²) in [7, 11) is 0. The van der Waals surface area contributed by atoms with Crippen LogP contribution in [0.2, 0.25) is 0 Å². The fourth-order valence-corrected chi connectivity index (χ4v) is 9.21. The summed E-state index contributed by atoms with van der Waals surface area (Å²) < 4.78 is 2.46. The van der Waals surface area contributed by atoms with Gasteiger partial charge in [-0.1, -0.05) is 129 Å². The van der Waals surface area contributed by atoms with E-state index in [1.807, 2.05) is 6.20 Å². The molecule has 3 nitrogen and oxygen atoms in total. The average molecular weight is 678 g/mol. The number of pyridine rings is 1. The van der Waals surface area contributed by atoms with Gasteiger partial charge in [-0.05, 0) is 88.0 Å². The molecule has 0 fully saturated rings. The second-order valence-electron chi connectivity index (χ2n) is 14.7. The minimum atomic E-state index is -0.245. The highest BCUT2D eigenvalue weighted by Crippen LogP contribution is 2.57. The predicted molar refractivity (Wildman–Crippen MR) is 221 cm³/mol. The van der Waals surface area contributed by atoms with Gasteiger partial charge < -0.3 is 9.47 Å². The van der Waals surface area contributed by atoms with Crippen LogP contribution >= 0.6 is 0 Å². The number of aromatic nitrogens is 2. The lowest BCUT2D eigenvalue weighted by Gasteiger charge is -2.43. The summed E-state index contributed by atoms with van der Waals surface area (Å²) in [5.41, 5.74) is 18.7. The van der Waals surface area contributed by atoms with Crippen molar-refractivity contribution in [2.24, 2.45) is 0 Å². The molecule has 0 N–H and O–H groups in total. The first-order valence-corrected chi connectivity index (χ1v) is 18.4. The van der Waals surface area contributed by atoms with Crippen molar-refractivity contribution in [3.8, 4) is 50.3 Å². The van der Waals surface area contributed by atoms with Crippen LogP contribution < -0.4 is 4.90 Å². The van der Waals surface area contributed by atoms with Gasteiger partial charge in [0.15, 0.2) is 0 Å². The third-order valence-electron chi connectivity index (χ3n) is 11.6. The summed E-state index contributed by atoms with van der Waals surface area (Å²) in [5, 5.41) is 2.51. The first kappa shape index (κ1) is 30.0. The van der Waals surface area contributed by atoms with E-state index in [9.17, 15) is 0 Å². The second-order valence-corrected chi connectivity index (χ2v) is 14.7. The molecule has 0 radical (unpaired) electrons. The minimum Gasteiger partial charge on any atom is -0.310 e. The third-order valence-corrected chi connectivity index (χ3v) is 11.6. The molecule has 0 amide bonds. The lowest BCUT2D eigenvalue weighted by Crippen LogP contribution is -2.30. The van der Waals surface area contributed by atoms with Gasteiger partial charge in [0.1, 0.15) is 0 Å². The van der Waals surface area contributed by atoms with Crippen LogP contribution in [0.1, 0.15) is 25.0 Å². The maximum absolute atomic E-state index is 5.22. The van der Waals surface area contributed by atoms with Crippen LogP contribution in [0.15, 0.2) is 176 Å². The molecule has 0 spiro atoms. The molecule has 0 bridgehead atoms. The van der Waals surface area contributed by atoms with Crippen LogP contribution in [-0.2, 0) is 5.41 Å². The van der Waals surface area contributed by atoms with Gasteiger partial charge in [0.2, 0.25) is 0 Å². The van der Waals surface area contributed by atoms with E-state index in [0.717, 1.165) is 28.2 Å². The molecular weight excluding hydrogens is 643 g/mol. The van der Waals surface area contributed by atoms with Crippen LogP contribution in [0.3, 0.4) is 0 Å². The number of hydrogen-bond acceptors (Lipinski definition) is 2. The van der Waals surface area contributed by atoms with Crippen molar-refractivity contribution in [2.45, 2.75) is 19.3 Å². The van der Waals surface area contributed by atoms with Gasteiger partial charge in [0.05, 0.1) is 33.8 Å². The van der Waals surface area contributed by atoms with E-state index < -0.39 is 0 Å². The van der Waals surface area contributed by atoms with E-state index in [0.29, 0.717) is 0 Å². The molecule has 0 saturated carbocycles. The Morgan fingerprint density at radius 2 is 1.06 bits per heavy atom. The van der Waals surface area contributed by atoms with Crippen molar-refractivity contribution >= 4 is 38.9 Å². The standard InChI is InChI=1S/C50H35N3/c1-50(2)41-24-10-13-27-45(41)52(32-16-4-3-5-17-32)47-31-39-33-18-6-7-21-36(33)48-37(38-23-15-29-51-49(38)40(39)30-42(47)50)22-14-28-46(48)53-43-25-11-8-19-34(43)35-20-9-12-26-44(35)53/h3-31H,1-2H3. The molecule has 9 aromatic rings. The Labute approximate surface area is 309 Å². The van der Waals surface area contributed by atoms with Gasteiger partial charge in [-0.25, -0.2) is 0 Å². The molecule has 1 aliphatic heterocycles. The van der Waals surface area contributed by atoms with Gasteiger partial charge in [-0.3, -0.25) is 4.98 Å². The van der Waals surface area contributed by atoms with E-state index in [1.165, 1.54) is 72.1 Å². The quantitative estimate of drug-likeness (QED) is 0.182. The molecule has 11 rings (SSSR count). The molecule has 7 aromatic carbocycles. The molecule has 3 heterocycles. The maximum atomic E-state index is 5.22. The normalized spacial score (nSPS) is 13.6. The molecule has 0 unspecified atom stereocenters. The largest absolute Gasteiger partial charge is 0.310 e. The van der Waals surface area contributed by atoms with Gasteiger partial charge in [-0.2, -0.15) is 0 Å². The highest BCUT2D eigenvalue weighted by atomic mass is 15.2. The molecule has 2 aliphatic rings. The summed E-state index contributed by atoms with van der Waals surface area (Å²) in [4.78, 5) is 7.68. The summed E-state index contributed by atoms with van der Waals surface area (Å²) in [6, 6.07) is 62.2. The fourth-order valence-electron chi connectivity index (χ4n) is 9.21. The molecule has 53 heavy (non-hydrogen) atoms. The van der Waals surface area contributed by atoms with Gasteiger partial charge in [-0.15, -0.1) is 0 Å². The lowest BCUT2D eigenvalue weighted by molar-refractivity contribution is 0.632. The Balaban J connectivity index is 1.27. The monoisotopic (exact) mass is 677 g/mol. The van der Waals surface area contributed by atoms with Crippen molar-refractivity contribution < 1.29 is 0 Å². The Morgan fingerprint density at radius 1 is 0.434 bits per heavy atom. The number of fused-ring (bicyclic) bond motifs is 13. The number of para-hydroxylation sites is 4. The fraction of sp³-hybridized carbons (Fsp3) is 0.0600. The van der Waals surface area contributed by atoms with Crippen molar-refractivity contribution in [1.29, 1.82) is 0 Å². The van der Waals surface area contributed by atoms with E-state index >= 15 is 0 Å². The summed E-state index contributed by atoms with van der Waals surface area (Å²) >= 11 is 0. The van der Waals surface area contributed by atoms with E-state index in [2.05, 4.69) is 193 Å². The summed E-state index contributed by atoms with van der Waals surface area (Å²) in [6.07, 6.45) is 1.95. The molecule has 0 saturated heterocycles. The van der Waals surface area contributed by atoms with Gasteiger partial charge in [0, 0.05) is 44.8 Å². The topological polar surface area (TPSA) is 21.1 Å². The van der Waals surface area contributed by atoms with Crippen LogP contribution in [0, 0.1) is 0 Å². The average Bonchev–Trinajstić information content (AvgIpc) is 3.54. The van der Waals surface area contributed by atoms with Crippen molar-refractivity contribution in [1.82, 2.24) is 9.55 Å². The Bertz CT molecular complexity index is 2880. The Kier molecular flexibility index (Phi) is 6.30. The third kappa shape index (κ3) is 4.19. The van der Waals surface area contributed by atoms with Crippen LogP contribution in [0.5, 0.6) is 0 Å². The SMILES string of the molecule is CC1(C)c2ccccc2N(c2ccccc2)c2cc3c(cc21)-c1ncccc1-c1cccc(-n2c4ccccc4c4ccccc42)c1-c1ccccc1-3. The minimum absolute atomic E-state index is 0.245. The zero-order chi connectivity index (χ0) is 35.3. The predicted octanol–water partition coefficient (Wildman–Crippen LogP) is 13.3. The first-order valence-electron chi connectivity index (χ1n) is 18.4. The maximum Gasteiger partial charge on any atom is 0.0786 e. The molecule has 3 heteroatoms. The number of rotatable bonds is 2. The molecule has 250 valence electrons. The molecule has 2 aromatic heterocycles. The van der Waals surface area contributed by atoms with Crippen molar-refractivity contribution in [3.05, 3.63) is 187 Å². The second kappa shape index (κ2) is 11.1. The van der Waals surface area contributed by atoms with Crippen LogP contribution in [0.4, 0.5) is 17.1 Å². The summed E-state index contributed by atoms with van der Waals surface area (Å²) in [5.74, 6) is 0. The highest BCUT2D eigenvalue weighted by Gasteiger charge is 2.39. The van der Waals surface area contributed by atoms with E-state index in [4.69, 9.17) is 4.98 Å². The lowest BCUT2D eigenvalue weighted by atomic mass is 9.71. The highest BCUT2D eigenvalue weighted by molar-refractivity contribution is 6.12. The van der Waals surface area contributed by atoms with Crippen LogP contribution in [-0.4, -0.2) is 9.55 Å². The van der Waals surface area contributed by atoms with Gasteiger partial charge >= 0.3 is 0 Å². The van der Waals surface area contributed by atoms with Crippen molar-refractivity contribution in [2.75, 3.05) is 4.90 Å². The molecular formula is C50H35N3. The first-order chi connectivity index (χ1) is 26.1. The van der Waals surface area contributed by atoms with E-state index in [1.54, 1.807) is 0 Å². The Hall–Kier alpha value is -6.71. The summed E-state index contributed by atoms with van der Waals surface area (Å²) in [6.45, 7) is 4.73. The zero-order valence-electron chi connectivity index (χ0n) is 29.6. The van der Waals surface area contributed by atoms with Gasteiger partial charge in [0.25, 0.3) is 0 Å². The van der Waals surface area contributed by atoms with Crippen LogP contribution in [0.25, 0.3) is 72.1 Å². The smallest absolute Gasteiger partial charge is 0.0786 e. The number of nitrogens with zero attached hydrogens (tertiary/aromatic N) is 3. The number of hydrogen-bond donors (Lipinski definition) is 0. The molecule has 0 atom stereocenters. The Morgan fingerprint density at radius 3 is 1.85 bits per heavy atom. The van der Waals surface area contributed by atoms with Crippen molar-refractivity contribution in [3.63, 3.8) is 0 Å². The number of benzene rings is 7.